The molecule has 0 atom stereocenters. The largest absolute Gasteiger partial charge is 0.323 e. The van der Waals surface area contributed by atoms with E-state index in [1.165, 1.54) is 16.5 Å². The molecule has 1 nitrogen and oxygen atoms in total. The summed E-state index contributed by atoms with van der Waals surface area (Å²) in [6.07, 6.45) is 8.12. The second-order valence-corrected chi connectivity index (χ2v) is 4.11. The third-order valence-corrected chi connectivity index (χ3v) is 2.94. The van der Waals surface area contributed by atoms with E-state index >= 15 is 0 Å². The molecular formula is C16H13N. The Morgan fingerprint density at radius 2 is 1.53 bits per heavy atom. The molecule has 1 aliphatic rings. The lowest BCUT2D eigenvalue weighted by molar-refractivity contribution is 1.27. The SMILES string of the molecule is C=C1C=CN(c2cccc3ccccc23)C=C1. The molecule has 1 heteroatoms. The van der Waals surface area contributed by atoms with E-state index in [0.717, 1.165) is 5.57 Å². The first-order chi connectivity index (χ1) is 8.34. The molecule has 1 heterocycles. The molecule has 0 saturated heterocycles. The number of rotatable bonds is 1. The van der Waals surface area contributed by atoms with Crippen LogP contribution in [0, 0.1) is 0 Å². The second kappa shape index (κ2) is 3.95. The highest BCUT2D eigenvalue weighted by atomic mass is 15.1. The van der Waals surface area contributed by atoms with Gasteiger partial charge in [0.05, 0.1) is 5.69 Å². The number of fused-ring (bicyclic) bond motifs is 1. The van der Waals surface area contributed by atoms with Gasteiger partial charge in [-0.05, 0) is 29.2 Å². The lowest BCUT2D eigenvalue weighted by atomic mass is 10.1. The third kappa shape index (κ3) is 1.76. The van der Waals surface area contributed by atoms with Gasteiger partial charge in [0, 0.05) is 17.8 Å². The molecule has 0 fully saturated rings. The molecule has 0 N–H and O–H groups in total. The van der Waals surface area contributed by atoms with E-state index in [2.05, 4.69) is 53.9 Å². The molecule has 2 aromatic carbocycles. The molecule has 2 aromatic rings. The van der Waals surface area contributed by atoms with Crippen LogP contribution < -0.4 is 4.90 Å². The van der Waals surface area contributed by atoms with E-state index in [-0.39, 0.29) is 0 Å². The van der Waals surface area contributed by atoms with Crippen LogP contribution in [0.25, 0.3) is 10.8 Å². The summed E-state index contributed by atoms with van der Waals surface area (Å²) in [5.74, 6) is 0. The van der Waals surface area contributed by atoms with Gasteiger partial charge in [-0.25, -0.2) is 0 Å². The van der Waals surface area contributed by atoms with E-state index in [9.17, 15) is 0 Å². The fourth-order valence-electron chi connectivity index (χ4n) is 2.05. The van der Waals surface area contributed by atoms with Crippen molar-refractivity contribution in [2.45, 2.75) is 0 Å². The highest BCUT2D eigenvalue weighted by Crippen LogP contribution is 2.28. The van der Waals surface area contributed by atoms with Crippen LogP contribution in [0.2, 0.25) is 0 Å². The minimum atomic E-state index is 1.03. The molecule has 0 aliphatic carbocycles. The smallest absolute Gasteiger partial charge is 0.0527 e. The van der Waals surface area contributed by atoms with Crippen LogP contribution >= 0.6 is 0 Å². The highest BCUT2D eigenvalue weighted by molar-refractivity contribution is 5.95. The van der Waals surface area contributed by atoms with Crippen molar-refractivity contribution in [2.24, 2.45) is 0 Å². The average Bonchev–Trinajstić information content (AvgIpc) is 2.39. The molecule has 17 heavy (non-hydrogen) atoms. The Balaban J connectivity index is 2.15. The van der Waals surface area contributed by atoms with E-state index in [1.807, 2.05) is 24.6 Å². The maximum absolute atomic E-state index is 3.90. The Morgan fingerprint density at radius 3 is 2.35 bits per heavy atom. The van der Waals surface area contributed by atoms with Crippen molar-refractivity contribution in [2.75, 3.05) is 4.90 Å². The van der Waals surface area contributed by atoms with Crippen molar-refractivity contribution in [3.05, 3.63) is 79.2 Å². The quantitative estimate of drug-likeness (QED) is 0.693. The summed E-state index contributed by atoms with van der Waals surface area (Å²) >= 11 is 0. The first-order valence-electron chi connectivity index (χ1n) is 5.66. The van der Waals surface area contributed by atoms with Gasteiger partial charge >= 0.3 is 0 Å². The molecule has 0 amide bonds. The van der Waals surface area contributed by atoms with Crippen LogP contribution in [-0.2, 0) is 0 Å². The van der Waals surface area contributed by atoms with Gasteiger partial charge in [0.2, 0.25) is 0 Å². The van der Waals surface area contributed by atoms with E-state index in [0.29, 0.717) is 0 Å². The van der Waals surface area contributed by atoms with Gasteiger partial charge in [0.15, 0.2) is 0 Å². The van der Waals surface area contributed by atoms with Crippen molar-refractivity contribution in [3.8, 4) is 0 Å². The van der Waals surface area contributed by atoms with Crippen molar-refractivity contribution in [3.63, 3.8) is 0 Å². The molecule has 3 rings (SSSR count). The molecule has 0 bridgehead atoms. The number of benzene rings is 2. The van der Waals surface area contributed by atoms with Crippen molar-refractivity contribution >= 4 is 16.5 Å². The summed E-state index contributed by atoms with van der Waals surface area (Å²) in [6, 6.07) is 14.8. The summed E-state index contributed by atoms with van der Waals surface area (Å²) in [5.41, 5.74) is 2.23. The van der Waals surface area contributed by atoms with Crippen LogP contribution in [0.15, 0.2) is 79.2 Å². The molecule has 0 saturated carbocycles. The van der Waals surface area contributed by atoms with Crippen LogP contribution in [0.4, 0.5) is 5.69 Å². The van der Waals surface area contributed by atoms with Crippen LogP contribution in [-0.4, -0.2) is 0 Å². The maximum Gasteiger partial charge on any atom is 0.0527 e. The molecule has 0 aromatic heterocycles. The predicted octanol–water partition coefficient (Wildman–Crippen LogP) is 4.24. The standard InChI is InChI=1S/C16H13N/c1-13-9-11-17(12-10-13)16-8-4-6-14-5-2-3-7-15(14)16/h2-12H,1H2. The summed E-state index contributed by atoms with van der Waals surface area (Å²) in [6.45, 7) is 3.90. The predicted molar refractivity (Wildman–Crippen MR) is 73.8 cm³/mol. The Bertz CT molecular complexity index is 614. The Hall–Kier alpha value is -2.28. The molecule has 0 unspecified atom stereocenters. The molecule has 1 aliphatic heterocycles. The minimum absolute atomic E-state index is 1.03. The van der Waals surface area contributed by atoms with Gasteiger partial charge in [0.25, 0.3) is 0 Å². The number of allylic oxidation sites excluding steroid dienone is 3. The fraction of sp³-hybridized carbons (Fsp3) is 0. The summed E-state index contributed by atoms with van der Waals surface area (Å²) in [5, 5.41) is 2.52. The van der Waals surface area contributed by atoms with Crippen molar-refractivity contribution < 1.29 is 0 Å². The molecule has 0 radical (unpaired) electrons. The zero-order valence-electron chi connectivity index (χ0n) is 9.51. The van der Waals surface area contributed by atoms with Gasteiger partial charge in [-0.1, -0.05) is 43.0 Å². The van der Waals surface area contributed by atoms with Crippen LogP contribution in [0.5, 0.6) is 0 Å². The van der Waals surface area contributed by atoms with Gasteiger partial charge in [0.1, 0.15) is 0 Å². The van der Waals surface area contributed by atoms with Gasteiger partial charge in [-0.3, -0.25) is 0 Å². The van der Waals surface area contributed by atoms with Crippen molar-refractivity contribution in [1.82, 2.24) is 0 Å². The zero-order chi connectivity index (χ0) is 11.7. The van der Waals surface area contributed by atoms with E-state index in [4.69, 9.17) is 0 Å². The zero-order valence-corrected chi connectivity index (χ0v) is 9.51. The summed E-state index contributed by atoms with van der Waals surface area (Å²) in [7, 11) is 0. The summed E-state index contributed by atoms with van der Waals surface area (Å²) in [4.78, 5) is 2.12. The number of anilines is 1. The first-order valence-corrected chi connectivity index (χ1v) is 5.66. The normalized spacial score (nSPS) is 14.6. The van der Waals surface area contributed by atoms with E-state index < -0.39 is 0 Å². The van der Waals surface area contributed by atoms with Crippen molar-refractivity contribution in [1.29, 1.82) is 0 Å². The number of hydrogen-bond acceptors (Lipinski definition) is 1. The van der Waals surface area contributed by atoms with Gasteiger partial charge < -0.3 is 4.90 Å². The fourth-order valence-corrected chi connectivity index (χ4v) is 2.05. The molecular weight excluding hydrogens is 206 g/mol. The first kappa shape index (κ1) is 9.91. The third-order valence-electron chi connectivity index (χ3n) is 2.94. The number of nitrogens with zero attached hydrogens (tertiary/aromatic N) is 1. The second-order valence-electron chi connectivity index (χ2n) is 4.11. The van der Waals surface area contributed by atoms with Crippen LogP contribution in [0.3, 0.4) is 0 Å². The van der Waals surface area contributed by atoms with Gasteiger partial charge in [-0.15, -0.1) is 0 Å². The Kier molecular flexibility index (Phi) is 2.30. The molecule has 82 valence electrons. The van der Waals surface area contributed by atoms with Gasteiger partial charge in [-0.2, -0.15) is 0 Å². The van der Waals surface area contributed by atoms with Crippen LogP contribution in [0.1, 0.15) is 0 Å². The minimum Gasteiger partial charge on any atom is -0.323 e. The van der Waals surface area contributed by atoms with E-state index in [1.54, 1.807) is 0 Å². The topological polar surface area (TPSA) is 3.24 Å². The Labute approximate surface area is 101 Å². The Morgan fingerprint density at radius 1 is 0.824 bits per heavy atom. The number of hydrogen-bond donors (Lipinski definition) is 0. The lowest BCUT2D eigenvalue weighted by Gasteiger charge is -2.20. The lowest BCUT2D eigenvalue weighted by Crippen LogP contribution is -2.09. The summed E-state index contributed by atoms with van der Waals surface area (Å²) < 4.78 is 0. The average molecular weight is 219 g/mol. The monoisotopic (exact) mass is 219 g/mol. The maximum atomic E-state index is 3.90. The highest BCUT2D eigenvalue weighted by Gasteiger charge is 2.06. The molecule has 0 spiro atoms.